The van der Waals surface area contributed by atoms with Crippen molar-refractivity contribution in [3.8, 4) is 0 Å². The quantitative estimate of drug-likeness (QED) is 0.413. The number of rotatable bonds is 9. The van der Waals surface area contributed by atoms with E-state index in [2.05, 4.69) is 10.5 Å². The smallest absolute Gasteiger partial charge is 0.303 e. The fourth-order valence-corrected chi connectivity index (χ4v) is 1.69. The first-order chi connectivity index (χ1) is 9.68. The highest BCUT2D eigenvalue weighted by Gasteiger charge is 2.00. The molecule has 0 aromatic heterocycles. The molecule has 0 fully saturated rings. The Morgan fingerprint density at radius 2 is 1.70 bits per heavy atom. The molecule has 2 N–H and O–H groups in total. The van der Waals surface area contributed by atoms with E-state index in [0.29, 0.717) is 12.8 Å². The summed E-state index contributed by atoms with van der Waals surface area (Å²) in [5, 5.41) is 12.3. The van der Waals surface area contributed by atoms with Crippen LogP contribution in [0.1, 0.15) is 44.1 Å². The number of carbonyl (C=O) groups excluding carboxylic acids is 1. The van der Waals surface area contributed by atoms with Gasteiger partial charge in [-0.1, -0.05) is 43.2 Å². The van der Waals surface area contributed by atoms with E-state index in [1.165, 1.54) is 0 Å². The number of hydrogen-bond donors (Lipinski definition) is 2. The lowest BCUT2D eigenvalue weighted by atomic mass is 10.1. The van der Waals surface area contributed by atoms with Crippen molar-refractivity contribution in [1.82, 2.24) is 5.43 Å². The van der Waals surface area contributed by atoms with Crippen molar-refractivity contribution in [3.63, 3.8) is 0 Å². The molecule has 20 heavy (non-hydrogen) atoms. The third kappa shape index (κ3) is 8.02. The second-order valence-electron chi connectivity index (χ2n) is 4.51. The molecule has 0 aliphatic heterocycles. The van der Waals surface area contributed by atoms with E-state index in [-0.39, 0.29) is 12.3 Å². The Labute approximate surface area is 118 Å². The summed E-state index contributed by atoms with van der Waals surface area (Å²) in [6, 6.07) is 9.52. The number of hydrazone groups is 1. The van der Waals surface area contributed by atoms with Crippen LogP contribution in [0.5, 0.6) is 0 Å². The first-order valence-corrected chi connectivity index (χ1v) is 6.77. The van der Waals surface area contributed by atoms with Crippen LogP contribution in [0.3, 0.4) is 0 Å². The highest BCUT2D eigenvalue weighted by atomic mass is 16.4. The van der Waals surface area contributed by atoms with Crippen LogP contribution < -0.4 is 5.43 Å². The number of nitrogens with one attached hydrogen (secondary N) is 1. The van der Waals surface area contributed by atoms with E-state index >= 15 is 0 Å². The Morgan fingerprint density at radius 1 is 1.05 bits per heavy atom. The molecular formula is C15H20N2O3. The topological polar surface area (TPSA) is 78.8 Å². The number of carboxylic acid groups (broad SMARTS) is 1. The first-order valence-electron chi connectivity index (χ1n) is 6.77. The van der Waals surface area contributed by atoms with Crippen LogP contribution in [0.25, 0.3) is 0 Å². The Kier molecular flexibility index (Phi) is 7.72. The zero-order valence-corrected chi connectivity index (χ0v) is 11.4. The molecule has 0 spiro atoms. The van der Waals surface area contributed by atoms with Gasteiger partial charge in [-0.3, -0.25) is 9.59 Å². The Morgan fingerprint density at radius 3 is 2.35 bits per heavy atom. The van der Waals surface area contributed by atoms with Crippen molar-refractivity contribution in [2.24, 2.45) is 5.10 Å². The predicted octanol–water partition coefficient (Wildman–Crippen LogP) is 2.56. The number of amides is 1. The molecule has 1 aromatic rings. The van der Waals surface area contributed by atoms with Crippen molar-refractivity contribution < 1.29 is 14.7 Å². The van der Waals surface area contributed by atoms with Crippen LogP contribution in [0.2, 0.25) is 0 Å². The molecule has 1 amide bonds. The minimum Gasteiger partial charge on any atom is -0.481 e. The summed E-state index contributed by atoms with van der Waals surface area (Å²) >= 11 is 0. The van der Waals surface area contributed by atoms with E-state index in [0.717, 1.165) is 24.8 Å². The number of carbonyl (C=O) groups is 2. The highest BCUT2D eigenvalue weighted by Crippen LogP contribution is 2.05. The van der Waals surface area contributed by atoms with Crippen molar-refractivity contribution in [3.05, 3.63) is 35.9 Å². The Balaban J connectivity index is 2.06. The molecule has 0 aliphatic rings. The van der Waals surface area contributed by atoms with Crippen molar-refractivity contribution in [1.29, 1.82) is 0 Å². The average molecular weight is 276 g/mol. The molecule has 5 heteroatoms. The maximum Gasteiger partial charge on any atom is 0.303 e. The van der Waals surface area contributed by atoms with Gasteiger partial charge in [-0.05, 0) is 18.4 Å². The standard InChI is InChI=1S/C15H20N2O3/c18-14(10-6-1-2-7-11-15(19)20)17-16-12-13-8-4-3-5-9-13/h3-5,8-9,12H,1-2,6-7,10-11H2,(H,17,18)(H,19,20)/b16-12+. The lowest BCUT2D eigenvalue weighted by molar-refractivity contribution is -0.137. The van der Waals surface area contributed by atoms with Crippen LogP contribution in [0.15, 0.2) is 35.4 Å². The fourth-order valence-electron chi connectivity index (χ4n) is 1.69. The molecular weight excluding hydrogens is 256 g/mol. The molecule has 1 aromatic carbocycles. The van der Waals surface area contributed by atoms with Crippen molar-refractivity contribution in [2.45, 2.75) is 38.5 Å². The largest absolute Gasteiger partial charge is 0.481 e. The third-order valence-electron chi connectivity index (χ3n) is 2.75. The number of hydrogen-bond acceptors (Lipinski definition) is 3. The van der Waals surface area contributed by atoms with Gasteiger partial charge in [0.05, 0.1) is 6.21 Å². The maximum atomic E-state index is 11.5. The SMILES string of the molecule is O=C(O)CCCCCCC(=O)N/N=C/c1ccccc1. The molecule has 0 saturated carbocycles. The van der Waals surface area contributed by atoms with Gasteiger partial charge in [0.2, 0.25) is 5.91 Å². The van der Waals surface area contributed by atoms with Crippen molar-refractivity contribution in [2.75, 3.05) is 0 Å². The first kappa shape index (κ1) is 15.9. The van der Waals surface area contributed by atoms with Gasteiger partial charge in [0.25, 0.3) is 0 Å². The number of carboxylic acids is 1. The summed E-state index contributed by atoms with van der Waals surface area (Å²) in [4.78, 5) is 21.8. The molecule has 1 rings (SSSR count). The van der Waals surface area contributed by atoms with E-state index in [4.69, 9.17) is 5.11 Å². The van der Waals surface area contributed by atoms with Crippen LogP contribution in [0, 0.1) is 0 Å². The van der Waals surface area contributed by atoms with Crippen LogP contribution in [0.4, 0.5) is 0 Å². The van der Waals surface area contributed by atoms with Gasteiger partial charge >= 0.3 is 5.97 Å². The molecule has 0 heterocycles. The number of unbranched alkanes of at least 4 members (excludes halogenated alkanes) is 3. The third-order valence-corrected chi connectivity index (χ3v) is 2.75. The minimum atomic E-state index is -0.766. The average Bonchev–Trinajstić information content (AvgIpc) is 2.43. The number of aliphatic carboxylic acids is 1. The summed E-state index contributed by atoms with van der Waals surface area (Å²) in [6.45, 7) is 0. The molecule has 108 valence electrons. The molecule has 0 bridgehead atoms. The lowest BCUT2D eigenvalue weighted by Gasteiger charge is -2.00. The Bertz CT molecular complexity index is 444. The summed E-state index contributed by atoms with van der Waals surface area (Å²) < 4.78 is 0. The van der Waals surface area contributed by atoms with Gasteiger partial charge in [0.1, 0.15) is 0 Å². The van der Waals surface area contributed by atoms with Crippen molar-refractivity contribution >= 4 is 18.1 Å². The molecule has 0 radical (unpaired) electrons. The zero-order valence-electron chi connectivity index (χ0n) is 11.4. The lowest BCUT2D eigenvalue weighted by Crippen LogP contribution is -2.16. The molecule has 0 unspecified atom stereocenters. The number of benzene rings is 1. The van der Waals surface area contributed by atoms with E-state index in [1.807, 2.05) is 30.3 Å². The summed E-state index contributed by atoms with van der Waals surface area (Å²) in [5.74, 6) is -0.881. The normalized spacial score (nSPS) is 10.6. The second kappa shape index (κ2) is 9.72. The molecule has 5 nitrogen and oxygen atoms in total. The Hall–Kier alpha value is -2.17. The fraction of sp³-hybridized carbons (Fsp3) is 0.400. The minimum absolute atomic E-state index is 0.115. The van der Waals surface area contributed by atoms with Gasteiger partial charge in [-0.2, -0.15) is 5.10 Å². The second-order valence-corrected chi connectivity index (χ2v) is 4.51. The van der Waals surface area contributed by atoms with Gasteiger partial charge in [0.15, 0.2) is 0 Å². The van der Waals surface area contributed by atoms with Gasteiger partial charge in [0, 0.05) is 12.8 Å². The monoisotopic (exact) mass is 276 g/mol. The molecule has 0 aliphatic carbocycles. The van der Waals surface area contributed by atoms with Crippen LogP contribution in [-0.2, 0) is 9.59 Å². The summed E-state index contributed by atoms with van der Waals surface area (Å²) in [5.41, 5.74) is 3.41. The zero-order chi connectivity index (χ0) is 14.6. The van der Waals surface area contributed by atoms with Gasteiger partial charge in [-0.25, -0.2) is 5.43 Å². The van der Waals surface area contributed by atoms with E-state index in [1.54, 1.807) is 6.21 Å². The maximum absolute atomic E-state index is 11.5. The number of nitrogens with zero attached hydrogens (tertiary/aromatic N) is 1. The predicted molar refractivity (Wildman–Crippen MR) is 77.5 cm³/mol. The van der Waals surface area contributed by atoms with Gasteiger partial charge in [-0.15, -0.1) is 0 Å². The van der Waals surface area contributed by atoms with Crippen LogP contribution in [-0.4, -0.2) is 23.2 Å². The highest BCUT2D eigenvalue weighted by molar-refractivity contribution is 5.82. The molecule has 0 saturated heterocycles. The van der Waals surface area contributed by atoms with Crippen LogP contribution >= 0.6 is 0 Å². The molecule has 0 atom stereocenters. The summed E-state index contributed by atoms with van der Waals surface area (Å²) in [6.07, 6.45) is 5.35. The van der Waals surface area contributed by atoms with E-state index < -0.39 is 5.97 Å². The summed E-state index contributed by atoms with van der Waals surface area (Å²) in [7, 11) is 0. The van der Waals surface area contributed by atoms with E-state index in [9.17, 15) is 9.59 Å². The van der Waals surface area contributed by atoms with Gasteiger partial charge < -0.3 is 5.11 Å².